The van der Waals surface area contributed by atoms with E-state index < -0.39 is 5.97 Å². The van der Waals surface area contributed by atoms with Gasteiger partial charge in [0.15, 0.2) is 0 Å². The number of hydrogen-bond donors (Lipinski definition) is 1. The molecule has 0 aliphatic heterocycles. The van der Waals surface area contributed by atoms with E-state index in [4.69, 9.17) is 5.11 Å². The molecule has 1 aliphatic carbocycles. The van der Waals surface area contributed by atoms with Crippen LogP contribution in [0.3, 0.4) is 0 Å². The highest BCUT2D eigenvalue weighted by Gasteiger charge is 2.43. The minimum Gasteiger partial charge on any atom is -0.481 e. The first kappa shape index (κ1) is 14.3. The lowest BCUT2D eigenvalue weighted by atomic mass is 9.56. The van der Waals surface area contributed by atoms with Gasteiger partial charge in [-0.05, 0) is 50.9 Å². The Morgan fingerprint density at radius 1 is 1.47 bits per heavy atom. The Morgan fingerprint density at radius 2 is 2.06 bits per heavy atom. The molecular formula is C15H26O2. The molecule has 1 fully saturated rings. The summed E-state index contributed by atoms with van der Waals surface area (Å²) >= 11 is 0. The zero-order valence-electron chi connectivity index (χ0n) is 11.8. The third kappa shape index (κ3) is 2.91. The van der Waals surface area contributed by atoms with Gasteiger partial charge in [0.2, 0.25) is 0 Å². The lowest BCUT2D eigenvalue weighted by Crippen LogP contribution is -2.38. The first-order valence-corrected chi connectivity index (χ1v) is 6.70. The van der Waals surface area contributed by atoms with Gasteiger partial charge in [-0.2, -0.15) is 0 Å². The molecule has 0 spiro atoms. The summed E-state index contributed by atoms with van der Waals surface area (Å²) in [6, 6.07) is 0. The standard InChI is InChI=1S/C15H26O2/c1-6-11(14(16)17)7-8-12-9-13(10(2)3)15(12,4)5/h11-12H,6-9H2,1-5H3,(H,16,17)/t11?,12-/m1/s1. The summed E-state index contributed by atoms with van der Waals surface area (Å²) in [5.74, 6) is -0.116. The topological polar surface area (TPSA) is 37.3 Å². The number of carbonyl (C=O) groups is 1. The number of rotatable bonds is 5. The van der Waals surface area contributed by atoms with Crippen molar-refractivity contribution in [1.29, 1.82) is 0 Å². The molecule has 0 aromatic carbocycles. The molecule has 0 bridgehead atoms. The fourth-order valence-corrected chi connectivity index (χ4v) is 3.10. The van der Waals surface area contributed by atoms with Crippen LogP contribution in [0.25, 0.3) is 0 Å². The second kappa shape index (κ2) is 5.24. The van der Waals surface area contributed by atoms with Crippen molar-refractivity contribution >= 4 is 5.97 Å². The van der Waals surface area contributed by atoms with E-state index in [1.165, 1.54) is 12.0 Å². The number of aliphatic carboxylic acids is 1. The van der Waals surface area contributed by atoms with Crippen molar-refractivity contribution < 1.29 is 9.90 Å². The fraction of sp³-hybridized carbons (Fsp3) is 0.800. The molecule has 0 aromatic heterocycles. The van der Waals surface area contributed by atoms with Crippen LogP contribution in [-0.2, 0) is 4.79 Å². The molecule has 0 saturated heterocycles. The third-order valence-electron chi connectivity index (χ3n) is 4.56. The average molecular weight is 238 g/mol. The normalized spacial score (nSPS) is 24.1. The smallest absolute Gasteiger partial charge is 0.306 e. The first-order chi connectivity index (χ1) is 7.80. The monoisotopic (exact) mass is 238 g/mol. The Balaban J connectivity index is 2.52. The van der Waals surface area contributed by atoms with Crippen LogP contribution in [0.15, 0.2) is 11.1 Å². The molecule has 1 N–H and O–H groups in total. The Kier molecular flexibility index (Phi) is 4.40. The molecule has 2 heteroatoms. The van der Waals surface area contributed by atoms with Crippen LogP contribution < -0.4 is 0 Å². The van der Waals surface area contributed by atoms with E-state index in [-0.39, 0.29) is 11.3 Å². The molecule has 2 nitrogen and oxygen atoms in total. The van der Waals surface area contributed by atoms with Gasteiger partial charge in [-0.1, -0.05) is 31.9 Å². The van der Waals surface area contributed by atoms with Crippen LogP contribution >= 0.6 is 0 Å². The summed E-state index contributed by atoms with van der Waals surface area (Å²) in [7, 11) is 0. The van der Waals surface area contributed by atoms with E-state index in [9.17, 15) is 4.79 Å². The largest absolute Gasteiger partial charge is 0.481 e. The highest BCUT2D eigenvalue weighted by molar-refractivity contribution is 5.69. The predicted molar refractivity (Wildman–Crippen MR) is 70.9 cm³/mol. The molecule has 2 atom stereocenters. The van der Waals surface area contributed by atoms with Crippen molar-refractivity contribution in [3.05, 3.63) is 11.1 Å². The molecule has 17 heavy (non-hydrogen) atoms. The molecule has 1 saturated carbocycles. The highest BCUT2D eigenvalue weighted by Crippen LogP contribution is 2.54. The van der Waals surface area contributed by atoms with Crippen LogP contribution in [-0.4, -0.2) is 11.1 Å². The van der Waals surface area contributed by atoms with Crippen LogP contribution in [0.4, 0.5) is 0 Å². The Morgan fingerprint density at radius 3 is 2.41 bits per heavy atom. The van der Waals surface area contributed by atoms with Crippen LogP contribution in [0, 0.1) is 17.3 Å². The van der Waals surface area contributed by atoms with Gasteiger partial charge in [0.05, 0.1) is 5.92 Å². The summed E-state index contributed by atoms with van der Waals surface area (Å²) in [6.07, 6.45) is 3.80. The molecule has 0 aromatic rings. The molecule has 1 rings (SSSR count). The number of allylic oxidation sites excluding steroid dienone is 2. The van der Waals surface area contributed by atoms with E-state index in [0.717, 1.165) is 19.3 Å². The summed E-state index contributed by atoms with van der Waals surface area (Å²) in [5.41, 5.74) is 3.30. The Labute approximate surface area is 105 Å². The van der Waals surface area contributed by atoms with Gasteiger partial charge in [0, 0.05) is 0 Å². The van der Waals surface area contributed by atoms with Crippen LogP contribution in [0.2, 0.25) is 0 Å². The van der Waals surface area contributed by atoms with Gasteiger partial charge in [0.1, 0.15) is 0 Å². The quantitative estimate of drug-likeness (QED) is 0.727. The van der Waals surface area contributed by atoms with Gasteiger partial charge >= 0.3 is 5.97 Å². The number of carboxylic acid groups (broad SMARTS) is 1. The lowest BCUT2D eigenvalue weighted by molar-refractivity contribution is -0.142. The second-order valence-electron chi connectivity index (χ2n) is 6.12. The second-order valence-corrected chi connectivity index (χ2v) is 6.12. The van der Waals surface area contributed by atoms with Crippen LogP contribution in [0.1, 0.15) is 60.3 Å². The maximum absolute atomic E-state index is 11.0. The van der Waals surface area contributed by atoms with Crippen molar-refractivity contribution in [3.63, 3.8) is 0 Å². The fourth-order valence-electron chi connectivity index (χ4n) is 3.10. The zero-order valence-corrected chi connectivity index (χ0v) is 11.8. The minimum absolute atomic E-state index is 0.151. The molecule has 0 radical (unpaired) electrons. The number of carboxylic acids is 1. The van der Waals surface area contributed by atoms with Crippen molar-refractivity contribution in [3.8, 4) is 0 Å². The van der Waals surface area contributed by atoms with E-state index >= 15 is 0 Å². The minimum atomic E-state index is -0.632. The summed E-state index contributed by atoms with van der Waals surface area (Å²) < 4.78 is 0. The molecule has 1 aliphatic rings. The third-order valence-corrected chi connectivity index (χ3v) is 4.56. The van der Waals surface area contributed by atoms with Crippen molar-refractivity contribution in [2.24, 2.45) is 17.3 Å². The highest BCUT2D eigenvalue weighted by atomic mass is 16.4. The van der Waals surface area contributed by atoms with Crippen molar-refractivity contribution in [1.82, 2.24) is 0 Å². The molecule has 98 valence electrons. The van der Waals surface area contributed by atoms with Gasteiger partial charge < -0.3 is 5.11 Å². The van der Waals surface area contributed by atoms with Gasteiger partial charge in [-0.15, -0.1) is 0 Å². The van der Waals surface area contributed by atoms with E-state index in [0.29, 0.717) is 5.92 Å². The van der Waals surface area contributed by atoms with E-state index in [2.05, 4.69) is 27.7 Å². The summed E-state index contributed by atoms with van der Waals surface area (Å²) in [6.45, 7) is 10.9. The first-order valence-electron chi connectivity index (χ1n) is 6.70. The summed E-state index contributed by atoms with van der Waals surface area (Å²) in [5, 5.41) is 9.04. The Bertz CT molecular complexity index is 322. The summed E-state index contributed by atoms with van der Waals surface area (Å²) in [4.78, 5) is 11.0. The Hall–Kier alpha value is -0.790. The molecule has 1 unspecified atom stereocenters. The maximum Gasteiger partial charge on any atom is 0.306 e. The van der Waals surface area contributed by atoms with Gasteiger partial charge in [0.25, 0.3) is 0 Å². The molecular weight excluding hydrogens is 212 g/mol. The SMILES string of the molecule is CCC(CC[C@@H]1CC(=C(C)C)C1(C)C)C(=O)O. The lowest BCUT2D eigenvalue weighted by Gasteiger charge is -2.49. The van der Waals surface area contributed by atoms with Gasteiger partial charge in [-0.3, -0.25) is 4.79 Å². The number of hydrogen-bond acceptors (Lipinski definition) is 1. The van der Waals surface area contributed by atoms with Crippen molar-refractivity contribution in [2.45, 2.75) is 60.3 Å². The average Bonchev–Trinajstić information content (AvgIpc) is 2.21. The molecule has 0 amide bonds. The van der Waals surface area contributed by atoms with Crippen molar-refractivity contribution in [2.75, 3.05) is 0 Å². The molecule has 0 heterocycles. The van der Waals surface area contributed by atoms with E-state index in [1.54, 1.807) is 5.57 Å². The maximum atomic E-state index is 11.0. The van der Waals surface area contributed by atoms with E-state index in [1.807, 2.05) is 6.92 Å². The predicted octanol–water partition coefficient (Wildman–Crippen LogP) is 4.26. The van der Waals surface area contributed by atoms with Gasteiger partial charge in [-0.25, -0.2) is 0 Å². The van der Waals surface area contributed by atoms with Crippen LogP contribution in [0.5, 0.6) is 0 Å². The zero-order chi connectivity index (χ0) is 13.2.